The van der Waals surface area contributed by atoms with Crippen molar-refractivity contribution in [3.63, 3.8) is 0 Å². The molecule has 12 atom stereocenters. The lowest BCUT2D eigenvalue weighted by atomic mass is 10.0. The normalized spacial score (nSPS) is 16.5. The van der Waals surface area contributed by atoms with Crippen LogP contribution >= 0.6 is 11.8 Å². The van der Waals surface area contributed by atoms with Gasteiger partial charge in [0.25, 0.3) is 0 Å². The van der Waals surface area contributed by atoms with Gasteiger partial charge in [-0.1, -0.05) is 52.0 Å². The van der Waals surface area contributed by atoms with E-state index in [1.54, 1.807) is 20.1 Å². The summed E-state index contributed by atoms with van der Waals surface area (Å²) in [5.74, 6) is -14.7. The number of benzene rings is 2. The van der Waals surface area contributed by atoms with Crippen molar-refractivity contribution in [2.75, 3.05) is 31.8 Å². The second kappa shape index (κ2) is 38.3. The van der Waals surface area contributed by atoms with Crippen LogP contribution in [0.4, 0.5) is 0 Å². The summed E-state index contributed by atoms with van der Waals surface area (Å²) >= 11 is 1.23. The predicted octanol–water partition coefficient (Wildman–Crippen LogP) is -4.40. The number of primary amides is 1. The highest BCUT2D eigenvalue weighted by molar-refractivity contribution is 7.98. The lowest BCUT2D eigenvalue weighted by Crippen LogP contribution is -2.62. The number of aliphatic hydroxyl groups excluding tert-OH is 3. The SMILES string of the molecule is CSCC[C@H](NC(=O)[C@H](CO)NC(=O)[C@@H]1CCCN1C(=O)[C@H](CO)NC(=O)[C@@H](NC(=O)[C@H](Cc1ccc(O)cc1)NC(=O)[C@@H](N)CC(C)C)[C@@H](C)O)C(=O)N[C@@H](Cc1ccc(O)cc1)C(=O)N[C@@H](CCC(=O)O)C(=O)N[C@@H](CC(N)=O)C(=O)N[C@@H](CC(C)C)C(=O)O. The highest BCUT2D eigenvalue weighted by Gasteiger charge is 2.41. The van der Waals surface area contributed by atoms with Crippen molar-refractivity contribution in [1.29, 1.82) is 0 Å². The van der Waals surface area contributed by atoms with Gasteiger partial charge in [0, 0.05) is 25.8 Å². The van der Waals surface area contributed by atoms with Gasteiger partial charge in [0.2, 0.25) is 65.0 Å². The number of carbonyl (C=O) groups excluding carboxylic acids is 11. The average Bonchev–Trinajstić information content (AvgIpc) is 1.61. The molecule has 1 aliphatic heterocycles. The Morgan fingerprint density at radius 1 is 0.554 bits per heavy atom. The van der Waals surface area contributed by atoms with Gasteiger partial charge in [-0.05, 0) is 105 Å². The summed E-state index contributed by atoms with van der Waals surface area (Å²) in [6, 6.07) is -6.47. The molecule has 20 N–H and O–H groups in total. The quantitative estimate of drug-likeness (QED) is 0.0300. The number of aliphatic carboxylic acids is 2. The number of nitrogens with one attached hydrogen (secondary N) is 9. The number of aromatic hydroxyl groups is 2. The summed E-state index contributed by atoms with van der Waals surface area (Å²) in [4.78, 5) is 176. The number of thioether (sulfide) groups is 1. The minimum absolute atomic E-state index is 0.00840. The third kappa shape index (κ3) is 25.9. The van der Waals surface area contributed by atoms with Gasteiger partial charge < -0.3 is 100.0 Å². The average molecular weight is 1320 g/mol. The van der Waals surface area contributed by atoms with E-state index >= 15 is 0 Å². The Balaban J connectivity index is 1.85. The van der Waals surface area contributed by atoms with E-state index in [4.69, 9.17) is 11.5 Å². The van der Waals surface area contributed by atoms with E-state index in [1.165, 1.54) is 60.3 Å². The summed E-state index contributed by atoms with van der Waals surface area (Å²) in [6.07, 6.45) is -2.52. The number of rotatable bonds is 39. The molecule has 2 aromatic carbocycles. The summed E-state index contributed by atoms with van der Waals surface area (Å²) < 4.78 is 0. The van der Waals surface area contributed by atoms with E-state index < -0.39 is 182 Å². The summed E-state index contributed by atoms with van der Waals surface area (Å²) in [6.45, 7) is 5.93. The molecule has 0 radical (unpaired) electrons. The Labute approximate surface area is 535 Å². The van der Waals surface area contributed by atoms with Gasteiger partial charge in [0.15, 0.2) is 0 Å². The molecule has 11 amide bonds. The second-order valence-electron chi connectivity index (χ2n) is 23.1. The highest BCUT2D eigenvalue weighted by atomic mass is 32.2. The molecule has 1 fully saturated rings. The van der Waals surface area contributed by atoms with Crippen LogP contribution in [-0.2, 0) is 75.2 Å². The molecule has 0 bridgehead atoms. The fourth-order valence-electron chi connectivity index (χ4n) is 9.63. The van der Waals surface area contributed by atoms with Gasteiger partial charge >= 0.3 is 11.9 Å². The zero-order valence-electron chi connectivity index (χ0n) is 52.0. The molecular weight excluding hydrogens is 1230 g/mol. The number of likely N-dealkylation sites (tertiary alicyclic amines) is 1. The van der Waals surface area contributed by atoms with E-state index in [1.807, 2.05) is 13.8 Å². The zero-order chi connectivity index (χ0) is 69.1. The molecule has 3 rings (SSSR count). The molecule has 1 aliphatic rings. The highest BCUT2D eigenvalue weighted by Crippen LogP contribution is 2.20. The number of amides is 11. The van der Waals surface area contributed by atoms with Crippen molar-refractivity contribution in [2.45, 2.75) is 171 Å². The number of hydrogen-bond donors (Lipinski definition) is 18. The zero-order valence-corrected chi connectivity index (χ0v) is 52.9. The number of aliphatic hydroxyl groups is 3. The van der Waals surface area contributed by atoms with E-state index in [-0.39, 0.29) is 80.6 Å². The monoisotopic (exact) mass is 1320 g/mol. The number of carboxylic acid groups (broad SMARTS) is 2. The molecule has 0 aromatic heterocycles. The molecule has 33 heteroatoms. The summed E-state index contributed by atoms with van der Waals surface area (Å²) in [7, 11) is 0. The smallest absolute Gasteiger partial charge is 0.326 e. The van der Waals surface area contributed by atoms with Crippen LogP contribution in [0.25, 0.3) is 0 Å². The topological polar surface area (TPSA) is 527 Å². The largest absolute Gasteiger partial charge is 0.508 e. The van der Waals surface area contributed by atoms with Crippen LogP contribution in [0.1, 0.15) is 97.1 Å². The van der Waals surface area contributed by atoms with Crippen molar-refractivity contribution in [3.8, 4) is 11.5 Å². The summed E-state index contributed by atoms with van der Waals surface area (Å²) in [5.41, 5.74) is 12.2. The Morgan fingerprint density at radius 3 is 1.46 bits per heavy atom. The van der Waals surface area contributed by atoms with Gasteiger partial charge in [0.05, 0.1) is 31.8 Å². The molecular formula is C59H88N12O20S. The fourth-order valence-corrected chi connectivity index (χ4v) is 10.1. The van der Waals surface area contributed by atoms with Crippen LogP contribution in [0, 0.1) is 11.8 Å². The number of nitrogens with two attached hydrogens (primary N) is 2. The van der Waals surface area contributed by atoms with Crippen LogP contribution in [0.15, 0.2) is 48.5 Å². The molecule has 510 valence electrons. The van der Waals surface area contributed by atoms with E-state index in [2.05, 4.69) is 47.9 Å². The minimum Gasteiger partial charge on any atom is -0.508 e. The Bertz CT molecular complexity index is 2880. The van der Waals surface area contributed by atoms with E-state index in [0.717, 1.165) is 11.8 Å². The van der Waals surface area contributed by atoms with Gasteiger partial charge in [-0.3, -0.25) is 57.5 Å². The van der Waals surface area contributed by atoms with Crippen molar-refractivity contribution in [1.82, 2.24) is 52.8 Å². The maximum absolute atomic E-state index is 14.3. The van der Waals surface area contributed by atoms with Crippen LogP contribution in [0.5, 0.6) is 11.5 Å². The lowest BCUT2D eigenvalue weighted by Gasteiger charge is -2.30. The van der Waals surface area contributed by atoms with Crippen LogP contribution in [-0.4, -0.2) is 222 Å². The number of nitrogens with zero attached hydrogens (tertiary/aromatic N) is 1. The number of carbonyl (C=O) groups is 13. The molecule has 2 aromatic rings. The molecule has 1 heterocycles. The predicted molar refractivity (Wildman–Crippen MR) is 330 cm³/mol. The third-order valence-electron chi connectivity index (χ3n) is 14.5. The van der Waals surface area contributed by atoms with Gasteiger partial charge in [-0.2, -0.15) is 11.8 Å². The van der Waals surface area contributed by atoms with Crippen LogP contribution in [0.2, 0.25) is 0 Å². The van der Waals surface area contributed by atoms with Gasteiger partial charge in [-0.25, -0.2) is 4.79 Å². The van der Waals surface area contributed by atoms with Crippen molar-refractivity contribution >= 4 is 88.7 Å². The number of hydrogen-bond acceptors (Lipinski definition) is 20. The van der Waals surface area contributed by atoms with Gasteiger partial charge in [0.1, 0.15) is 71.9 Å². The molecule has 0 aliphatic carbocycles. The minimum atomic E-state index is -1.81. The molecule has 92 heavy (non-hydrogen) atoms. The van der Waals surface area contributed by atoms with Crippen molar-refractivity contribution in [2.24, 2.45) is 23.3 Å². The Hall–Kier alpha value is -8.66. The first kappa shape index (κ1) is 77.6. The number of phenolic OH excluding ortho intramolecular Hbond substituents is 2. The van der Waals surface area contributed by atoms with Crippen LogP contribution < -0.4 is 59.3 Å². The molecule has 32 nitrogen and oxygen atoms in total. The first-order valence-electron chi connectivity index (χ1n) is 29.8. The number of carboxylic acids is 2. The maximum atomic E-state index is 14.3. The molecule has 0 unspecified atom stereocenters. The van der Waals surface area contributed by atoms with Crippen LogP contribution in [0.3, 0.4) is 0 Å². The van der Waals surface area contributed by atoms with E-state index in [0.29, 0.717) is 11.1 Å². The van der Waals surface area contributed by atoms with E-state index in [9.17, 15) is 98.1 Å². The first-order chi connectivity index (χ1) is 43.3. The Morgan fingerprint density at radius 2 is 0.989 bits per heavy atom. The maximum Gasteiger partial charge on any atom is 0.326 e. The third-order valence-corrected chi connectivity index (χ3v) is 15.1. The van der Waals surface area contributed by atoms with Crippen molar-refractivity contribution in [3.05, 3.63) is 59.7 Å². The number of phenols is 2. The Kier molecular flexibility index (Phi) is 32.3. The first-order valence-corrected chi connectivity index (χ1v) is 31.1. The second-order valence-corrected chi connectivity index (χ2v) is 24.1. The lowest BCUT2D eigenvalue weighted by molar-refractivity contribution is -0.144. The fraction of sp³-hybridized carbons (Fsp3) is 0.576. The van der Waals surface area contributed by atoms with Gasteiger partial charge in [-0.15, -0.1) is 0 Å². The molecule has 1 saturated heterocycles. The standard InChI is InChI=1S/C59H88N12O20S/c1-29(2)22-36(60)49(80)64-40(25-33-11-15-35(76)16-12-33)54(85)70-48(31(5)74)57(88)69-44(28-73)58(89)71-20-7-8-45(71)56(87)68-43(27-72)55(86)63-38(19-21-92-6)51(82)65-39(24-32-9-13-34(75)14-10-32)52(83)62-37(17-18-47(78)79)50(81)66-41(26-46(61)77)53(84)67-42(59(90)91)23-30(3)4/h9-16,29-31,36-45,48,72-76H,7-8,17-28,60H2,1-6H3,(H2,61,77)(H,62,83)(H,63,86)(H,64,80)(H,65,82)(H,66,81)(H,67,84)(H,68,87)(H,69,88)(H,70,85)(H,78,79)(H,90,91)/t31-,36+,37+,38+,39+,40+,41+,42+,43+,44+,45+,48+/m1/s1. The molecule has 0 spiro atoms. The summed E-state index contributed by atoms with van der Waals surface area (Å²) in [5, 5.41) is 92.1. The van der Waals surface area contributed by atoms with Crippen molar-refractivity contribution < 1.29 is 98.1 Å². The molecule has 0 saturated carbocycles.